The summed E-state index contributed by atoms with van der Waals surface area (Å²) in [4.78, 5) is 15.7. The third-order valence-electron chi connectivity index (χ3n) is 2.31. The zero-order chi connectivity index (χ0) is 13.8. The molecule has 0 aliphatic rings. The first-order valence-electron chi connectivity index (χ1n) is 5.53. The van der Waals surface area contributed by atoms with Crippen LogP contribution in [0.4, 0.5) is 20.6 Å². The predicted molar refractivity (Wildman–Crippen MR) is 69.7 cm³/mol. The first kappa shape index (κ1) is 12.8. The molecule has 1 aromatic heterocycles. The van der Waals surface area contributed by atoms with Crippen LogP contribution in [0.2, 0.25) is 0 Å². The molecule has 2 rings (SSSR count). The Morgan fingerprint density at radius 2 is 1.95 bits per heavy atom. The first-order chi connectivity index (χ1) is 9.02. The van der Waals surface area contributed by atoms with Gasteiger partial charge in [0.15, 0.2) is 0 Å². The Balaban J connectivity index is 2.03. The lowest BCUT2D eigenvalue weighted by Crippen LogP contribution is -2.19. The van der Waals surface area contributed by atoms with Crippen LogP contribution < -0.4 is 10.6 Å². The van der Waals surface area contributed by atoms with Gasteiger partial charge in [-0.3, -0.25) is 4.98 Å². The van der Waals surface area contributed by atoms with Crippen LogP contribution in [0.5, 0.6) is 5.75 Å². The number of halogens is 1. The summed E-state index contributed by atoms with van der Waals surface area (Å²) in [5.74, 6) is -0.889. The SMILES string of the molecule is Cc1ccc(NC(=O)Nc2cc(O)cc(F)c2)cn1. The molecule has 19 heavy (non-hydrogen) atoms. The van der Waals surface area contributed by atoms with E-state index in [1.165, 1.54) is 12.3 Å². The normalized spacial score (nSPS) is 10.0. The second-order valence-corrected chi connectivity index (χ2v) is 3.97. The zero-order valence-electron chi connectivity index (χ0n) is 10.1. The molecule has 5 nitrogen and oxygen atoms in total. The van der Waals surface area contributed by atoms with Crippen molar-refractivity contribution >= 4 is 17.4 Å². The smallest absolute Gasteiger partial charge is 0.323 e. The van der Waals surface area contributed by atoms with Gasteiger partial charge in [-0.15, -0.1) is 0 Å². The van der Waals surface area contributed by atoms with Crippen LogP contribution in [0.3, 0.4) is 0 Å². The Bertz CT molecular complexity index is 579. The number of nitrogens with one attached hydrogen (secondary N) is 2. The highest BCUT2D eigenvalue weighted by Crippen LogP contribution is 2.18. The van der Waals surface area contributed by atoms with Crippen molar-refractivity contribution in [2.75, 3.05) is 10.6 Å². The number of carbonyl (C=O) groups is 1. The minimum atomic E-state index is -0.632. The number of nitrogens with zero attached hydrogens (tertiary/aromatic N) is 1. The van der Waals surface area contributed by atoms with Gasteiger partial charge < -0.3 is 15.7 Å². The number of phenols is 1. The van der Waals surface area contributed by atoms with Gasteiger partial charge in [-0.1, -0.05) is 0 Å². The van der Waals surface area contributed by atoms with Crippen LogP contribution in [0, 0.1) is 12.7 Å². The van der Waals surface area contributed by atoms with Crippen LogP contribution in [0.1, 0.15) is 5.69 Å². The number of anilines is 2. The molecule has 0 spiro atoms. The molecule has 6 heteroatoms. The van der Waals surface area contributed by atoms with Gasteiger partial charge in [0.05, 0.1) is 11.9 Å². The fraction of sp³-hybridized carbons (Fsp3) is 0.0769. The van der Waals surface area contributed by atoms with E-state index in [2.05, 4.69) is 15.6 Å². The van der Waals surface area contributed by atoms with Crippen molar-refractivity contribution < 1.29 is 14.3 Å². The van der Waals surface area contributed by atoms with Gasteiger partial charge in [0.1, 0.15) is 11.6 Å². The van der Waals surface area contributed by atoms with Crippen molar-refractivity contribution in [2.24, 2.45) is 0 Å². The van der Waals surface area contributed by atoms with Gasteiger partial charge in [-0.25, -0.2) is 9.18 Å². The minimum absolute atomic E-state index is 0.162. The molecule has 98 valence electrons. The maximum Gasteiger partial charge on any atom is 0.323 e. The number of aryl methyl sites for hydroxylation is 1. The van der Waals surface area contributed by atoms with Gasteiger partial charge in [-0.05, 0) is 25.1 Å². The molecule has 0 aliphatic carbocycles. The molecule has 0 saturated heterocycles. The summed E-state index contributed by atoms with van der Waals surface area (Å²) in [5.41, 5.74) is 1.51. The second-order valence-electron chi connectivity index (χ2n) is 3.97. The Labute approximate surface area is 109 Å². The fourth-order valence-electron chi connectivity index (χ4n) is 1.48. The zero-order valence-corrected chi connectivity index (χ0v) is 10.1. The highest BCUT2D eigenvalue weighted by Gasteiger charge is 2.05. The Kier molecular flexibility index (Phi) is 3.61. The molecule has 0 aliphatic heterocycles. The van der Waals surface area contributed by atoms with Crippen molar-refractivity contribution in [2.45, 2.75) is 6.92 Å². The van der Waals surface area contributed by atoms with E-state index in [9.17, 15) is 14.3 Å². The number of amides is 2. The third kappa shape index (κ3) is 3.67. The van der Waals surface area contributed by atoms with Crippen molar-refractivity contribution in [3.8, 4) is 5.75 Å². The Morgan fingerprint density at radius 3 is 2.58 bits per heavy atom. The van der Waals surface area contributed by atoms with E-state index in [0.717, 1.165) is 17.8 Å². The van der Waals surface area contributed by atoms with Crippen LogP contribution in [-0.2, 0) is 0 Å². The number of urea groups is 1. The highest BCUT2D eigenvalue weighted by atomic mass is 19.1. The quantitative estimate of drug-likeness (QED) is 0.778. The fourth-order valence-corrected chi connectivity index (χ4v) is 1.48. The van der Waals surface area contributed by atoms with Gasteiger partial charge in [0, 0.05) is 23.5 Å². The van der Waals surface area contributed by atoms with Gasteiger partial charge >= 0.3 is 6.03 Å². The summed E-state index contributed by atoms with van der Waals surface area (Å²) in [5, 5.41) is 14.2. The van der Waals surface area contributed by atoms with E-state index in [1.54, 1.807) is 12.1 Å². The molecular weight excluding hydrogens is 249 g/mol. The molecule has 1 aromatic carbocycles. The van der Waals surface area contributed by atoms with Gasteiger partial charge in [-0.2, -0.15) is 0 Å². The Hall–Kier alpha value is -2.63. The number of pyridine rings is 1. The number of aromatic hydroxyl groups is 1. The minimum Gasteiger partial charge on any atom is -0.508 e. The number of benzene rings is 1. The summed E-state index contributed by atoms with van der Waals surface area (Å²) < 4.78 is 13.0. The summed E-state index contributed by atoms with van der Waals surface area (Å²) in [7, 11) is 0. The molecule has 2 aromatic rings. The monoisotopic (exact) mass is 261 g/mol. The molecular formula is C13H12FN3O2. The first-order valence-corrected chi connectivity index (χ1v) is 5.53. The average molecular weight is 261 g/mol. The predicted octanol–water partition coefficient (Wildman–Crippen LogP) is 2.88. The lowest BCUT2D eigenvalue weighted by Gasteiger charge is -2.08. The maximum atomic E-state index is 13.0. The van der Waals surface area contributed by atoms with E-state index in [4.69, 9.17) is 0 Å². The van der Waals surface area contributed by atoms with E-state index in [0.29, 0.717) is 5.69 Å². The standard InChI is InChI=1S/C13H12FN3O2/c1-8-2-3-10(7-15-8)16-13(19)17-11-4-9(14)5-12(18)6-11/h2-7,18H,1H3,(H2,16,17,19). The van der Waals surface area contributed by atoms with Crippen LogP contribution >= 0.6 is 0 Å². The average Bonchev–Trinajstić information content (AvgIpc) is 2.30. The number of phenolic OH excluding ortho intramolecular Hbond substituents is 1. The molecule has 0 bridgehead atoms. The molecule has 0 fully saturated rings. The lowest BCUT2D eigenvalue weighted by molar-refractivity contribution is 0.262. The lowest BCUT2D eigenvalue weighted by atomic mass is 10.3. The van der Waals surface area contributed by atoms with E-state index >= 15 is 0 Å². The third-order valence-corrected chi connectivity index (χ3v) is 2.31. The molecule has 0 unspecified atom stereocenters. The summed E-state index contributed by atoms with van der Waals surface area (Å²) in [6, 6.07) is 6.21. The van der Waals surface area contributed by atoms with Crippen molar-refractivity contribution in [1.82, 2.24) is 4.98 Å². The van der Waals surface area contributed by atoms with Crippen LogP contribution in [-0.4, -0.2) is 16.1 Å². The molecule has 0 atom stereocenters. The number of carbonyl (C=O) groups excluding carboxylic acids is 1. The maximum absolute atomic E-state index is 13.0. The summed E-state index contributed by atoms with van der Waals surface area (Å²) in [6.07, 6.45) is 1.51. The summed E-state index contributed by atoms with van der Waals surface area (Å²) in [6.45, 7) is 1.83. The van der Waals surface area contributed by atoms with Gasteiger partial charge in [0.25, 0.3) is 0 Å². The second kappa shape index (κ2) is 5.34. The number of hydrogen-bond acceptors (Lipinski definition) is 3. The number of hydrogen-bond donors (Lipinski definition) is 3. The van der Waals surface area contributed by atoms with Crippen LogP contribution in [0.25, 0.3) is 0 Å². The molecule has 2 amide bonds. The van der Waals surface area contributed by atoms with Crippen molar-refractivity contribution in [3.63, 3.8) is 0 Å². The molecule has 0 saturated carbocycles. The molecule has 1 heterocycles. The molecule has 0 radical (unpaired) electrons. The highest BCUT2D eigenvalue weighted by molar-refractivity contribution is 5.99. The number of rotatable bonds is 2. The van der Waals surface area contributed by atoms with Crippen molar-refractivity contribution in [3.05, 3.63) is 48.0 Å². The van der Waals surface area contributed by atoms with Gasteiger partial charge in [0.2, 0.25) is 0 Å². The van der Waals surface area contributed by atoms with E-state index < -0.39 is 11.8 Å². The Morgan fingerprint density at radius 1 is 1.21 bits per heavy atom. The number of aromatic nitrogens is 1. The van der Waals surface area contributed by atoms with Crippen molar-refractivity contribution in [1.29, 1.82) is 0 Å². The largest absolute Gasteiger partial charge is 0.508 e. The van der Waals surface area contributed by atoms with E-state index in [1.807, 2.05) is 6.92 Å². The van der Waals surface area contributed by atoms with E-state index in [-0.39, 0.29) is 11.4 Å². The molecule has 3 N–H and O–H groups in total. The van der Waals surface area contributed by atoms with Crippen LogP contribution in [0.15, 0.2) is 36.5 Å². The topological polar surface area (TPSA) is 74.2 Å². The summed E-state index contributed by atoms with van der Waals surface area (Å²) >= 11 is 0.